The maximum Gasteiger partial charge on any atom is 0.490 e. The van der Waals surface area contributed by atoms with E-state index in [4.69, 9.17) is 23.9 Å². The Balaban J connectivity index is 0.000000572. The van der Waals surface area contributed by atoms with E-state index in [1.807, 2.05) is 19.9 Å². The molecule has 1 aromatic heterocycles. The fourth-order valence-corrected chi connectivity index (χ4v) is 3.35. The van der Waals surface area contributed by atoms with E-state index in [1.54, 1.807) is 25.3 Å². The third kappa shape index (κ3) is 9.40. The van der Waals surface area contributed by atoms with Crippen LogP contribution in [0.4, 0.5) is 13.2 Å². The topological polar surface area (TPSA) is 114 Å². The number of ether oxygens (including phenoxy) is 2. The van der Waals surface area contributed by atoms with Crippen LogP contribution in [0.25, 0.3) is 0 Å². The van der Waals surface area contributed by atoms with Gasteiger partial charge in [-0.2, -0.15) is 13.2 Å². The van der Waals surface area contributed by atoms with Gasteiger partial charge >= 0.3 is 12.1 Å². The van der Waals surface area contributed by atoms with Crippen LogP contribution in [0.5, 0.6) is 11.5 Å². The van der Waals surface area contributed by atoms with Crippen molar-refractivity contribution in [2.45, 2.75) is 51.7 Å². The number of carbonyl (C=O) groups is 2. The number of amides is 1. The summed E-state index contributed by atoms with van der Waals surface area (Å²) in [5.74, 6) is -0.831. The van der Waals surface area contributed by atoms with Crippen LogP contribution in [-0.2, 0) is 11.3 Å². The van der Waals surface area contributed by atoms with Gasteiger partial charge in [0.05, 0.1) is 19.3 Å². The number of alkyl halides is 3. The Bertz CT molecular complexity index is 988. The van der Waals surface area contributed by atoms with Crippen LogP contribution >= 0.6 is 0 Å². The van der Waals surface area contributed by atoms with Gasteiger partial charge in [0.25, 0.3) is 5.91 Å². The maximum atomic E-state index is 12.6. The molecule has 0 saturated carbocycles. The smallest absolute Gasteiger partial charge is 0.490 e. The minimum Gasteiger partial charge on any atom is -0.493 e. The van der Waals surface area contributed by atoms with Gasteiger partial charge in [0, 0.05) is 18.2 Å². The van der Waals surface area contributed by atoms with Crippen molar-refractivity contribution in [2.75, 3.05) is 33.4 Å². The molecule has 0 radical (unpaired) electrons. The highest BCUT2D eigenvalue weighted by molar-refractivity contribution is 5.94. The predicted octanol–water partition coefficient (Wildman–Crippen LogP) is 4.23. The molecule has 0 spiro atoms. The first-order chi connectivity index (χ1) is 17.0. The minimum atomic E-state index is -5.08. The molecule has 2 aromatic rings. The molecule has 0 aliphatic carbocycles. The van der Waals surface area contributed by atoms with Gasteiger partial charge in [-0.25, -0.2) is 4.79 Å². The molecule has 200 valence electrons. The van der Waals surface area contributed by atoms with Crippen LogP contribution in [-0.4, -0.2) is 66.6 Å². The number of benzene rings is 1. The maximum absolute atomic E-state index is 12.6. The van der Waals surface area contributed by atoms with Gasteiger partial charge in [-0.05, 0) is 50.0 Å². The van der Waals surface area contributed by atoms with E-state index in [0.717, 1.165) is 25.3 Å². The van der Waals surface area contributed by atoms with Crippen LogP contribution in [0.3, 0.4) is 0 Å². The van der Waals surface area contributed by atoms with Crippen molar-refractivity contribution >= 4 is 11.9 Å². The number of methoxy groups -OCH3 is 1. The van der Waals surface area contributed by atoms with E-state index in [1.165, 1.54) is 19.3 Å². The van der Waals surface area contributed by atoms with Crippen molar-refractivity contribution in [2.24, 2.45) is 0 Å². The molecule has 9 nitrogen and oxygen atoms in total. The average molecular weight is 516 g/mol. The number of rotatable bonds is 9. The van der Waals surface area contributed by atoms with Gasteiger partial charge in [-0.3, -0.25) is 9.69 Å². The van der Waals surface area contributed by atoms with Gasteiger partial charge < -0.3 is 24.4 Å². The van der Waals surface area contributed by atoms with Gasteiger partial charge in [-0.15, -0.1) is 0 Å². The molecule has 1 saturated heterocycles. The molecule has 3 rings (SSSR count). The van der Waals surface area contributed by atoms with Crippen LogP contribution in [0.15, 0.2) is 28.8 Å². The van der Waals surface area contributed by atoms with E-state index in [9.17, 15) is 18.0 Å². The number of halogens is 3. The molecule has 0 atom stereocenters. The van der Waals surface area contributed by atoms with Crippen molar-refractivity contribution in [1.82, 2.24) is 15.4 Å². The van der Waals surface area contributed by atoms with Crippen molar-refractivity contribution in [3.8, 4) is 11.5 Å². The number of carboxylic acid groups (broad SMARTS) is 1. The highest BCUT2D eigenvalue weighted by Gasteiger charge is 2.38. The van der Waals surface area contributed by atoms with E-state index < -0.39 is 12.1 Å². The van der Waals surface area contributed by atoms with E-state index in [2.05, 4.69) is 15.4 Å². The first-order valence-corrected chi connectivity index (χ1v) is 11.6. The van der Waals surface area contributed by atoms with E-state index in [0.29, 0.717) is 29.4 Å². The Morgan fingerprint density at radius 3 is 2.39 bits per heavy atom. The summed E-state index contributed by atoms with van der Waals surface area (Å²) < 4.78 is 48.3. The Hall–Kier alpha value is -3.28. The summed E-state index contributed by atoms with van der Waals surface area (Å²) in [5.41, 5.74) is 1.39. The second-order valence-electron chi connectivity index (χ2n) is 8.47. The minimum absolute atomic E-state index is 0.198. The summed E-state index contributed by atoms with van der Waals surface area (Å²) in [7, 11) is 1.60. The lowest BCUT2D eigenvalue weighted by atomic mass is 10.1. The Morgan fingerprint density at radius 2 is 1.83 bits per heavy atom. The Labute approximate surface area is 207 Å². The van der Waals surface area contributed by atoms with Gasteiger partial charge in [0.15, 0.2) is 17.3 Å². The van der Waals surface area contributed by atoms with Crippen molar-refractivity contribution in [3.05, 3.63) is 41.3 Å². The molecule has 1 aromatic carbocycles. The second-order valence-corrected chi connectivity index (χ2v) is 8.47. The zero-order chi connectivity index (χ0) is 26.7. The van der Waals surface area contributed by atoms with Crippen LogP contribution in [0.1, 0.15) is 60.8 Å². The molecule has 1 amide bonds. The van der Waals surface area contributed by atoms with Crippen molar-refractivity contribution in [1.29, 1.82) is 0 Å². The number of piperidine rings is 1. The lowest BCUT2D eigenvalue weighted by Gasteiger charge is -2.26. The third-order valence-electron chi connectivity index (χ3n) is 5.37. The zero-order valence-electron chi connectivity index (χ0n) is 20.6. The number of aromatic nitrogens is 1. The fraction of sp³-hybridized carbons (Fsp3) is 0.542. The lowest BCUT2D eigenvalue weighted by molar-refractivity contribution is -0.192. The number of hydrogen-bond donors (Lipinski definition) is 2. The number of carboxylic acids is 1. The zero-order valence-corrected chi connectivity index (χ0v) is 20.6. The first-order valence-electron chi connectivity index (χ1n) is 11.6. The molecule has 36 heavy (non-hydrogen) atoms. The Kier molecular flexibility index (Phi) is 11.0. The van der Waals surface area contributed by atoms with Gasteiger partial charge in [0.2, 0.25) is 0 Å². The number of aliphatic carboxylic acids is 1. The SMILES string of the molecule is COc1ccc(C(=O)NCc2cc(C(C)C)no2)cc1OCCN1CCCCC1.O=C(O)C(F)(F)F. The summed E-state index contributed by atoms with van der Waals surface area (Å²) in [6.07, 6.45) is -1.26. The fourth-order valence-electron chi connectivity index (χ4n) is 3.35. The normalized spacial score (nSPS) is 14.1. The summed E-state index contributed by atoms with van der Waals surface area (Å²) in [6, 6.07) is 7.08. The molecule has 1 fully saturated rings. The predicted molar refractivity (Wildman–Crippen MR) is 124 cm³/mol. The first kappa shape index (κ1) is 29.0. The van der Waals surface area contributed by atoms with Gasteiger partial charge in [0.1, 0.15) is 6.61 Å². The number of hydrogen-bond acceptors (Lipinski definition) is 7. The third-order valence-corrected chi connectivity index (χ3v) is 5.37. The monoisotopic (exact) mass is 515 g/mol. The number of carbonyl (C=O) groups excluding carboxylic acids is 1. The van der Waals surface area contributed by atoms with E-state index in [-0.39, 0.29) is 18.4 Å². The summed E-state index contributed by atoms with van der Waals surface area (Å²) in [6.45, 7) is 8.08. The highest BCUT2D eigenvalue weighted by atomic mass is 19.4. The number of likely N-dealkylation sites (tertiary alicyclic amines) is 1. The van der Waals surface area contributed by atoms with Crippen molar-refractivity contribution in [3.63, 3.8) is 0 Å². The summed E-state index contributed by atoms with van der Waals surface area (Å²) in [4.78, 5) is 23.9. The molecule has 1 aliphatic rings. The molecule has 1 aliphatic heterocycles. The molecule has 2 heterocycles. The molecule has 12 heteroatoms. The standard InChI is InChI=1S/C22H31N3O4.C2HF3O2/c1-16(2)19-14-18(29-24-19)15-23-22(26)17-7-8-20(27-3)21(13-17)28-12-11-25-9-5-4-6-10-25;3-2(4,5)1(6)7/h7-8,13-14,16H,4-6,9-12,15H2,1-3H3,(H,23,26);(H,6,7). The largest absolute Gasteiger partial charge is 0.493 e. The van der Waals surface area contributed by atoms with Crippen LogP contribution < -0.4 is 14.8 Å². The Morgan fingerprint density at radius 1 is 1.17 bits per heavy atom. The number of nitrogens with one attached hydrogen (secondary N) is 1. The van der Waals surface area contributed by atoms with Gasteiger partial charge in [-0.1, -0.05) is 25.4 Å². The summed E-state index contributed by atoms with van der Waals surface area (Å²) >= 11 is 0. The molecule has 0 unspecified atom stereocenters. The van der Waals surface area contributed by atoms with E-state index >= 15 is 0 Å². The second kappa shape index (κ2) is 13.7. The average Bonchev–Trinajstić information content (AvgIpc) is 3.32. The number of nitrogens with zero attached hydrogens (tertiary/aromatic N) is 2. The molecular weight excluding hydrogens is 483 g/mol. The van der Waals surface area contributed by atoms with Crippen LogP contribution in [0.2, 0.25) is 0 Å². The molecule has 2 N–H and O–H groups in total. The van der Waals surface area contributed by atoms with Crippen molar-refractivity contribution < 1.29 is 41.9 Å². The lowest BCUT2D eigenvalue weighted by Crippen LogP contribution is -2.33. The molecular formula is C24H32F3N3O6. The highest BCUT2D eigenvalue weighted by Crippen LogP contribution is 2.28. The van der Waals surface area contributed by atoms with Crippen LogP contribution in [0, 0.1) is 0 Å². The molecule has 0 bridgehead atoms. The summed E-state index contributed by atoms with van der Waals surface area (Å²) in [5, 5.41) is 14.0. The quantitative estimate of drug-likeness (QED) is 0.510.